The van der Waals surface area contributed by atoms with Crippen LogP contribution in [-0.2, 0) is 14.6 Å². The zero-order chi connectivity index (χ0) is 12.8. The highest BCUT2D eigenvalue weighted by atomic mass is 32.2. The number of hydrogen-bond donors (Lipinski definition) is 1. The molecule has 4 unspecified atom stereocenters. The van der Waals surface area contributed by atoms with Crippen LogP contribution >= 0.6 is 0 Å². The minimum Gasteiger partial charge on any atom is -0.377 e. The second-order valence-corrected chi connectivity index (χ2v) is 8.39. The Morgan fingerprint density at radius 3 is 2.71 bits per heavy atom. The monoisotopic (exact) mass is 261 g/mol. The molecular formula is C12H23NO3S. The number of ether oxygens (including phenoxy) is 1. The van der Waals surface area contributed by atoms with Crippen LogP contribution in [0.2, 0.25) is 0 Å². The molecule has 5 heteroatoms. The molecule has 0 radical (unpaired) electrons. The van der Waals surface area contributed by atoms with E-state index in [1.165, 1.54) is 6.26 Å². The van der Waals surface area contributed by atoms with Crippen LogP contribution < -0.4 is 5.32 Å². The molecule has 2 fully saturated rings. The van der Waals surface area contributed by atoms with E-state index >= 15 is 0 Å². The zero-order valence-corrected chi connectivity index (χ0v) is 11.9. The smallest absolute Gasteiger partial charge is 0.148 e. The molecule has 1 saturated carbocycles. The van der Waals surface area contributed by atoms with Crippen LogP contribution in [0.25, 0.3) is 0 Å². The third kappa shape index (κ3) is 2.51. The Morgan fingerprint density at radius 2 is 2.12 bits per heavy atom. The van der Waals surface area contributed by atoms with Crippen molar-refractivity contribution >= 4 is 9.84 Å². The Balaban J connectivity index is 1.95. The number of sulfone groups is 1. The minimum atomic E-state index is -2.91. The first-order chi connectivity index (χ1) is 7.72. The van der Waals surface area contributed by atoms with E-state index in [1.807, 2.05) is 6.92 Å². The van der Waals surface area contributed by atoms with Crippen molar-refractivity contribution in [2.75, 3.05) is 18.6 Å². The summed E-state index contributed by atoms with van der Waals surface area (Å²) >= 11 is 0. The van der Waals surface area contributed by atoms with Crippen molar-refractivity contribution in [1.82, 2.24) is 5.32 Å². The van der Waals surface area contributed by atoms with Crippen molar-refractivity contribution in [1.29, 1.82) is 0 Å². The van der Waals surface area contributed by atoms with Gasteiger partial charge in [-0.3, -0.25) is 0 Å². The van der Waals surface area contributed by atoms with E-state index in [-0.39, 0.29) is 17.2 Å². The molecule has 0 spiro atoms. The molecule has 100 valence electrons. The third-order valence-electron chi connectivity index (χ3n) is 4.12. The Hall–Kier alpha value is -0.130. The Bertz CT molecular complexity index is 391. The second kappa shape index (κ2) is 4.21. The summed E-state index contributed by atoms with van der Waals surface area (Å²) in [6, 6.07) is 0.391. The van der Waals surface area contributed by atoms with Gasteiger partial charge >= 0.3 is 0 Å². The molecule has 1 saturated heterocycles. The fourth-order valence-electron chi connectivity index (χ4n) is 3.47. The average Bonchev–Trinajstić information content (AvgIpc) is 2.57. The lowest BCUT2D eigenvalue weighted by Gasteiger charge is -2.55. The van der Waals surface area contributed by atoms with Gasteiger partial charge in [0.1, 0.15) is 9.84 Å². The van der Waals surface area contributed by atoms with Gasteiger partial charge in [0.25, 0.3) is 0 Å². The molecule has 2 aliphatic rings. The van der Waals surface area contributed by atoms with Crippen LogP contribution in [0.4, 0.5) is 0 Å². The van der Waals surface area contributed by atoms with Gasteiger partial charge in [0.2, 0.25) is 0 Å². The average molecular weight is 261 g/mol. The lowest BCUT2D eigenvalue weighted by atomic mass is 9.57. The van der Waals surface area contributed by atoms with Crippen LogP contribution in [-0.4, -0.2) is 45.2 Å². The maximum atomic E-state index is 11.3. The molecule has 0 bridgehead atoms. The second-order valence-electron chi connectivity index (χ2n) is 6.20. The van der Waals surface area contributed by atoms with E-state index in [4.69, 9.17) is 4.74 Å². The van der Waals surface area contributed by atoms with Crippen LogP contribution in [0.3, 0.4) is 0 Å². The first-order valence-electron chi connectivity index (χ1n) is 6.27. The molecule has 4 nitrogen and oxygen atoms in total. The van der Waals surface area contributed by atoms with Crippen LogP contribution in [0.5, 0.6) is 0 Å². The molecule has 17 heavy (non-hydrogen) atoms. The molecule has 1 aliphatic heterocycles. The zero-order valence-electron chi connectivity index (χ0n) is 11.1. The Morgan fingerprint density at radius 1 is 1.47 bits per heavy atom. The van der Waals surface area contributed by atoms with Gasteiger partial charge in [-0.15, -0.1) is 0 Å². The number of fused-ring (bicyclic) bond motifs is 1. The summed E-state index contributed by atoms with van der Waals surface area (Å²) in [5.74, 6) is 0.768. The standard InChI is InChI=1S/C12H23NO3S/c1-8(7-17(4,14)15)13-10-9-5-6-16-11(9)12(10,2)3/h8-11,13H,5-7H2,1-4H3. The Labute approximate surface area is 104 Å². The van der Waals surface area contributed by atoms with Gasteiger partial charge in [0.15, 0.2) is 0 Å². The van der Waals surface area contributed by atoms with Gasteiger partial charge in [-0.2, -0.15) is 0 Å². The quantitative estimate of drug-likeness (QED) is 0.814. The number of hydrogen-bond acceptors (Lipinski definition) is 4. The van der Waals surface area contributed by atoms with Crippen molar-refractivity contribution in [2.24, 2.45) is 11.3 Å². The molecule has 1 aliphatic carbocycles. The van der Waals surface area contributed by atoms with Crippen molar-refractivity contribution in [3.8, 4) is 0 Å². The van der Waals surface area contributed by atoms with E-state index in [2.05, 4.69) is 19.2 Å². The molecule has 1 heterocycles. The largest absolute Gasteiger partial charge is 0.377 e. The number of nitrogens with one attached hydrogen (secondary N) is 1. The van der Waals surface area contributed by atoms with Crippen molar-refractivity contribution in [3.05, 3.63) is 0 Å². The highest BCUT2D eigenvalue weighted by Gasteiger charge is 2.59. The molecule has 0 aromatic heterocycles. The maximum Gasteiger partial charge on any atom is 0.148 e. The summed E-state index contributed by atoms with van der Waals surface area (Å²) in [7, 11) is -2.91. The van der Waals surface area contributed by atoms with E-state index in [1.54, 1.807) is 0 Å². The van der Waals surface area contributed by atoms with Gasteiger partial charge in [0, 0.05) is 36.3 Å². The first-order valence-corrected chi connectivity index (χ1v) is 8.33. The summed E-state index contributed by atoms with van der Waals surface area (Å²) in [4.78, 5) is 0. The van der Waals surface area contributed by atoms with Crippen molar-refractivity contribution in [3.63, 3.8) is 0 Å². The van der Waals surface area contributed by atoms with Crippen LogP contribution in [0, 0.1) is 11.3 Å². The lowest BCUT2D eigenvalue weighted by Crippen LogP contribution is -2.67. The van der Waals surface area contributed by atoms with Crippen LogP contribution in [0.1, 0.15) is 27.2 Å². The number of rotatable bonds is 4. The molecular weight excluding hydrogens is 238 g/mol. The molecule has 1 N–H and O–H groups in total. The minimum absolute atomic E-state index is 0.0100. The summed E-state index contributed by atoms with van der Waals surface area (Å²) < 4.78 is 28.2. The molecule has 0 aromatic rings. The van der Waals surface area contributed by atoms with Crippen molar-refractivity contribution < 1.29 is 13.2 Å². The molecule has 0 aromatic carbocycles. The van der Waals surface area contributed by atoms with Crippen LogP contribution in [0.15, 0.2) is 0 Å². The van der Waals surface area contributed by atoms with Crippen molar-refractivity contribution in [2.45, 2.75) is 45.4 Å². The van der Waals surface area contributed by atoms with Gasteiger partial charge in [-0.1, -0.05) is 13.8 Å². The SMILES string of the molecule is CC(CS(C)(=O)=O)NC1C2CCOC2C1(C)C. The lowest BCUT2D eigenvalue weighted by molar-refractivity contribution is -0.114. The summed E-state index contributed by atoms with van der Waals surface area (Å²) in [5.41, 5.74) is 0.118. The summed E-state index contributed by atoms with van der Waals surface area (Å²) in [6.07, 6.45) is 2.74. The molecule has 4 atom stereocenters. The third-order valence-corrected chi connectivity index (χ3v) is 5.22. The van der Waals surface area contributed by atoms with E-state index in [0.717, 1.165) is 13.0 Å². The topological polar surface area (TPSA) is 55.4 Å². The Kier molecular flexibility index (Phi) is 3.30. The van der Waals surface area contributed by atoms with Gasteiger partial charge in [-0.05, 0) is 13.3 Å². The van der Waals surface area contributed by atoms with E-state index < -0.39 is 9.84 Å². The molecule has 2 rings (SSSR count). The fraction of sp³-hybridized carbons (Fsp3) is 1.00. The van der Waals surface area contributed by atoms with Gasteiger partial charge in [-0.25, -0.2) is 8.42 Å². The van der Waals surface area contributed by atoms with E-state index in [0.29, 0.717) is 18.1 Å². The normalized spacial score (nSPS) is 37.3. The van der Waals surface area contributed by atoms with E-state index in [9.17, 15) is 8.42 Å². The van der Waals surface area contributed by atoms with Gasteiger partial charge < -0.3 is 10.1 Å². The molecule has 0 amide bonds. The predicted octanol–water partition coefficient (Wildman–Crippen LogP) is 0.823. The maximum absolute atomic E-state index is 11.3. The predicted molar refractivity (Wildman–Crippen MR) is 67.7 cm³/mol. The highest BCUT2D eigenvalue weighted by Crippen LogP contribution is 2.52. The highest BCUT2D eigenvalue weighted by molar-refractivity contribution is 7.90. The fourth-order valence-corrected chi connectivity index (χ4v) is 4.48. The van der Waals surface area contributed by atoms with Gasteiger partial charge in [0.05, 0.1) is 11.9 Å². The first kappa shape index (κ1) is 13.3. The summed E-state index contributed by atoms with van der Waals surface area (Å²) in [6.45, 7) is 7.19. The summed E-state index contributed by atoms with van der Waals surface area (Å²) in [5, 5.41) is 3.48.